The zero-order valence-electron chi connectivity index (χ0n) is 17.0. The van der Waals surface area contributed by atoms with Crippen LogP contribution >= 0.6 is 0 Å². The minimum Gasteiger partial charge on any atom is -0.497 e. The number of furan rings is 1. The van der Waals surface area contributed by atoms with Crippen LogP contribution in [0, 0.1) is 0 Å². The Morgan fingerprint density at radius 1 is 1.20 bits per heavy atom. The first-order chi connectivity index (χ1) is 14.7. The third-order valence-electron chi connectivity index (χ3n) is 5.79. The molecule has 7 nitrogen and oxygen atoms in total. The Labute approximate surface area is 173 Å². The molecule has 1 fully saturated rings. The predicted octanol–water partition coefficient (Wildman–Crippen LogP) is 4.02. The number of methoxy groups -OCH3 is 2. The van der Waals surface area contributed by atoms with E-state index < -0.39 is 0 Å². The average molecular weight is 405 g/mol. The van der Waals surface area contributed by atoms with Crippen LogP contribution in [0.1, 0.15) is 30.3 Å². The second-order valence-corrected chi connectivity index (χ2v) is 7.52. The summed E-state index contributed by atoms with van der Waals surface area (Å²) in [5.41, 5.74) is 2.39. The average Bonchev–Trinajstić information content (AvgIpc) is 3.38. The van der Waals surface area contributed by atoms with E-state index in [2.05, 4.69) is 9.88 Å². The van der Waals surface area contributed by atoms with Crippen LogP contribution in [0.5, 0.6) is 11.5 Å². The molecule has 0 bridgehead atoms. The third kappa shape index (κ3) is 3.11. The van der Waals surface area contributed by atoms with Crippen molar-refractivity contribution in [2.24, 2.45) is 0 Å². The number of nitrogens with zero attached hydrogens (tertiary/aromatic N) is 2. The van der Waals surface area contributed by atoms with Crippen molar-refractivity contribution in [2.75, 3.05) is 20.8 Å². The highest BCUT2D eigenvalue weighted by atomic mass is 16.5. The Hall–Kier alpha value is -3.32. The monoisotopic (exact) mass is 405 g/mol. The Bertz CT molecular complexity index is 1280. The summed E-state index contributed by atoms with van der Waals surface area (Å²) in [5, 5.41) is 0.854. The molecule has 1 aliphatic rings. The third-order valence-corrected chi connectivity index (χ3v) is 5.79. The molecule has 0 spiro atoms. The summed E-state index contributed by atoms with van der Waals surface area (Å²) in [7, 11) is 3.35. The number of aromatic amines is 1. The molecule has 1 saturated heterocycles. The van der Waals surface area contributed by atoms with Gasteiger partial charge in [-0.05, 0) is 49.7 Å². The van der Waals surface area contributed by atoms with Crippen molar-refractivity contribution >= 4 is 22.1 Å². The van der Waals surface area contributed by atoms with Crippen molar-refractivity contribution in [2.45, 2.75) is 25.4 Å². The summed E-state index contributed by atoms with van der Waals surface area (Å²) < 4.78 is 16.7. The summed E-state index contributed by atoms with van der Waals surface area (Å²) in [6, 6.07) is 13.6. The lowest BCUT2D eigenvalue weighted by molar-refractivity contribution is 0.236. The summed E-state index contributed by atoms with van der Waals surface area (Å²) in [5.74, 6) is 2.27. The van der Waals surface area contributed by atoms with Crippen LogP contribution in [-0.4, -0.2) is 35.6 Å². The molecule has 30 heavy (non-hydrogen) atoms. The number of ether oxygens (including phenoxy) is 2. The molecule has 0 amide bonds. The number of para-hydroxylation sites is 1. The first-order valence-corrected chi connectivity index (χ1v) is 10.0. The van der Waals surface area contributed by atoms with Gasteiger partial charge in [-0.25, -0.2) is 4.98 Å². The van der Waals surface area contributed by atoms with Crippen molar-refractivity contribution in [3.8, 4) is 11.5 Å². The Morgan fingerprint density at radius 3 is 2.90 bits per heavy atom. The standard InChI is InChI=1S/C23H23N3O4/c1-28-14-9-10-18(29-2)16(12-14)17-7-5-11-26(17)13-20-24-21-15-6-3-4-8-19(15)30-22(21)23(27)25-20/h3-4,6,8-10,12,17H,5,7,11,13H2,1-2H3,(H,24,25,27)/t17-/m1/s1. The number of fused-ring (bicyclic) bond motifs is 3. The number of hydrogen-bond donors (Lipinski definition) is 1. The van der Waals surface area contributed by atoms with E-state index in [4.69, 9.17) is 18.9 Å². The quantitative estimate of drug-likeness (QED) is 0.540. The van der Waals surface area contributed by atoms with Crippen LogP contribution in [-0.2, 0) is 6.54 Å². The van der Waals surface area contributed by atoms with Crippen LogP contribution < -0.4 is 15.0 Å². The van der Waals surface area contributed by atoms with Crippen LogP contribution in [0.2, 0.25) is 0 Å². The highest BCUT2D eigenvalue weighted by Crippen LogP contribution is 2.39. The maximum Gasteiger partial charge on any atom is 0.294 e. The minimum absolute atomic E-state index is 0.164. The van der Waals surface area contributed by atoms with Gasteiger partial charge in [-0.3, -0.25) is 9.69 Å². The highest BCUT2D eigenvalue weighted by Gasteiger charge is 2.29. The predicted molar refractivity (Wildman–Crippen MR) is 114 cm³/mol. The molecule has 0 unspecified atom stereocenters. The van der Waals surface area contributed by atoms with E-state index >= 15 is 0 Å². The first kappa shape index (κ1) is 18.7. The fraction of sp³-hybridized carbons (Fsp3) is 0.304. The van der Waals surface area contributed by atoms with Gasteiger partial charge in [0.1, 0.15) is 28.4 Å². The molecular weight excluding hydrogens is 382 g/mol. The fourth-order valence-corrected chi connectivity index (χ4v) is 4.38. The van der Waals surface area contributed by atoms with Crippen LogP contribution in [0.15, 0.2) is 51.7 Å². The van der Waals surface area contributed by atoms with Gasteiger partial charge >= 0.3 is 0 Å². The van der Waals surface area contributed by atoms with E-state index in [0.29, 0.717) is 23.5 Å². The molecule has 1 aliphatic heterocycles. The molecule has 1 N–H and O–H groups in total. The number of hydrogen-bond acceptors (Lipinski definition) is 6. The van der Waals surface area contributed by atoms with Crippen molar-refractivity contribution < 1.29 is 13.9 Å². The second-order valence-electron chi connectivity index (χ2n) is 7.52. The number of H-pyrrole nitrogens is 1. The molecular formula is C23H23N3O4. The van der Waals surface area contributed by atoms with Crippen molar-refractivity contribution in [3.63, 3.8) is 0 Å². The second kappa shape index (κ2) is 7.50. The maximum absolute atomic E-state index is 12.6. The Morgan fingerprint density at radius 2 is 2.07 bits per heavy atom. The zero-order chi connectivity index (χ0) is 20.7. The molecule has 1 atom stereocenters. The zero-order valence-corrected chi connectivity index (χ0v) is 17.0. The van der Waals surface area contributed by atoms with Crippen LogP contribution in [0.3, 0.4) is 0 Å². The van der Waals surface area contributed by atoms with E-state index in [9.17, 15) is 4.79 Å². The number of aromatic nitrogens is 2. The molecule has 3 heterocycles. The number of nitrogens with one attached hydrogen (secondary N) is 1. The lowest BCUT2D eigenvalue weighted by Crippen LogP contribution is -2.26. The van der Waals surface area contributed by atoms with Gasteiger partial charge < -0.3 is 18.9 Å². The molecule has 7 heteroatoms. The molecule has 0 aliphatic carbocycles. The van der Waals surface area contributed by atoms with Crippen molar-refractivity contribution in [3.05, 3.63) is 64.2 Å². The van der Waals surface area contributed by atoms with Gasteiger partial charge in [0.15, 0.2) is 0 Å². The van der Waals surface area contributed by atoms with Gasteiger partial charge in [0.2, 0.25) is 5.58 Å². The molecule has 154 valence electrons. The normalized spacial score (nSPS) is 17.1. The summed E-state index contributed by atoms with van der Waals surface area (Å²) in [4.78, 5) is 22.6. The first-order valence-electron chi connectivity index (χ1n) is 10.0. The van der Waals surface area contributed by atoms with Crippen molar-refractivity contribution in [1.82, 2.24) is 14.9 Å². The maximum atomic E-state index is 12.6. The minimum atomic E-state index is -0.249. The SMILES string of the molecule is COc1ccc(OC)c([C@H]2CCCN2Cc2nc3c(oc4ccccc43)c(=O)[nH]2)c1. The van der Waals surface area contributed by atoms with Gasteiger partial charge in [-0.15, -0.1) is 0 Å². The van der Waals surface area contributed by atoms with E-state index in [-0.39, 0.29) is 17.2 Å². The fourth-order valence-electron chi connectivity index (χ4n) is 4.38. The highest BCUT2D eigenvalue weighted by molar-refractivity contribution is 6.01. The largest absolute Gasteiger partial charge is 0.497 e. The van der Waals surface area contributed by atoms with E-state index in [1.807, 2.05) is 42.5 Å². The van der Waals surface area contributed by atoms with Gasteiger partial charge in [-0.2, -0.15) is 0 Å². The van der Waals surface area contributed by atoms with Gasteiger partial charge in [0, 0.05) is 17.0 Å². The van der Waals surface area contributed by atoms with E-state index in [1.165, 1.54) is 0 Å². The van der Waals surface area contributed by atoms with Gasteiger partial charge in [-0.1, -0.05) is 12.1 Å². The smallest absolute Gasteiger partial charge is 0.294 e. The Balaban J connectivity index is 1.52. The Kier molecular flexibility index (Phi) is 4.67. The number of likely N-dealkylation sites (tertiary alicyclic amines) is 1. The van der Waals surface area contributed by atoms with E-state index in [0.717, 1.165) is 41.8 Å². The molecule has 0 radical (unpaired) electrons. The molecule has 2 aromatic carbocycles. The summed E-state index contributed by atoms with van der Waals surface area (Å²) in [6.45, 7) is 1.45. The number of rotatable bonds is 5. The van der Waals surface area contributed by atoms with Gasteiger partial charge in [0.25, 0.3) is 5.56 Å². The molecule has 0 saturated carbocycles. The van der Waals surface area contributed by atoms with Crippen LogP contribution in [0.4, 0.5) is 0 Å². The molecule has 4 aromatic rings. The van der Waals surface area contributed by atoms with Crippen LogP contribution in [0.25, 0.3) is 22.1 Å². The molecule has 2 aromatic heterocycles. The van der Waals surface area contributed by atoms with Crippen molar-refractivity contribution in [1.29, 1.82) is 0 Å². The molecule has 5 rings (SSSR count). The lowest BCUT2D eigenvalue weighted by atomic mass is 10.0. The van der Waals surface area contributed by atoms with Gasteiger partial charge in [0.05, 0.1) is 20.8 Å². The lowest BCUT2D eigenvalue weighted by Gasteiger charge is -2.26. The van der Waals surface area contributed by atoms with E-state index in [1.54, 1.807) is 14.2 Å². The number of benzene rings is 2. The summed E-state index contributed by atoms with van der Waals surface area (Å²) in [6.07, 6.45) is 2.07. The summed E-state index contributed by atoms with van der Waals surface area (Å²) >= 11 is 0. The topological polar surface area (TPSA) is 80.6 Å².